The largest absolute Gasteiger partial charge is 0.451 e. The SMILES string of the molecule is CC(C)[C@@H]1NC(=O)[C@@H](C)OC(=O)[C@@H](C(C)C)NC(=O)[C@@H](C(C)C)OC(=O)[C@H](C(C)C)NC(=O)[C@@H](C)OC(=O)[C@@H](C(C)C)NC(=O)[C@H](C(C)C)OC1=O. The molecule has 4 amide bonds. The molecule has 0 saturated carbocycles. The monoisotopic (exact) mass is 740 g/mol. The van der Waals surface area contributed by atoms with E-state index in [0.29, 0.717) is 0 Å². The minimum absolute atomic E-state index is 0.534. The third-order valence-electron chi connectivity index (χ3n) is 8.41. The van der Waals surface area contributed by atoms with E-state index < -0.39 is 132 Å². The summed E-state index contributed by atoms with van der Waals surface area (Å²) >= 11 is 0. The molecule has 1 saturated heterocycles. The topological polar surface area (TPSA) is 222 Å². The number of esters is 4. The van der Waals surface area contributed by atoms with E-state index >= 15 is 0 Å². The zero-order valence-corrected chi connectivity index (χ0v) is 33.0. The molecule has 1 aliphatic rings. The van der Waals surface area contributed by atoms with Gasteiger partial charge in [0.2, 0.25) is 0 Å². The molecule has 0 aromatic rings. The van der Waals surface area contributed by atoms with Crippen LogP contribution in [0.2, 0.25) is 0 Å². The Bertz CT molecular complexity index is 1200. The van der Waals surface area contributed by atoms with E-state index in [2.05, 4.69) is 21.3 Å². The summed E-state index contributed by atoms with van der Waals surface area (Å²) in [5.74, 6) is -10.4. The van der Waals surface area contributed by atoms with E-state index in [4.69, 9.17) is 18.9 Å². The molecule has 296 valence electrons. The molecule has 1 fully saturated rings. The maximum absolute atomic E-state index is 13.5. The van der Waals surface area contributed by atoms with Gasteiger partial charge in [-0.15, -0.1) is 0 Å². The Labute approximate surface area is 306 Å². The highest BCUT2D eigenvalue weighted by atomic mass is 16.6. The standard InChI is InChI=1S/C36H60N4O12/c1-15(2)23-33(45)49-21(13)29(41)37-26(18(7)8)36(48)52-28(20(11)12)32(44)40-24(16(3)4)34(46)50-22(14)30(42)38-25(17(5)6)35(47)51-27(19(9)10)31(43)39-23/h15-28H,1-14H3,(H,37,41)(H,38,42)(H,39,43)(H,40,44)/t21-,22-,23-,24-,25+,26+,27-,28+/m1/s1. The van der Waals surface area contributed by atoms with Crippen LogP contribution in [0.3, 0.4) is 0 Å². The predicted octanol–water partition coefficient (Wildman–Crippen LogP) is 1.56. The molecule has 0 spiro atoms. The third kappa shape index (κ3) is 13.1. The van der Waals surface area contributed by atoms with Gasteiger partial charge in [-0.2, -0.15) is 0 Å². The highest BCUT2D eigenvalue weighted by Crippen LogP contribution is 2.17. The molecule has 0 unspecified atom stereocenters. The molecule has 1 heterocycles. The minimum atomic E-state index is -1.43. The lowest BCUT2D eigenvalue weighted by Crippen LogP contribution is -2.56. The lowest BCUT2D eigenvalue weighted by molar-refractivity contribution is -0.167. The number of carbonyl (C=O) groups excluding carboxylic acids is 8. The molecule has 0 aromatic heterocycles. The molecule has 4 N–H and O–H groups in total. The normalized spacial score (nSPS) is 28.8. The number of rotatable bonds is 6. The summed E-state index contributed by atoms with van der Waals surface area (Å²) in [5, 5.41) is 10.1. The quantitative estimate of drug-likeness (QED) is 0.225. The second kappa shape index (κ2) is 20.1. The summed E-state index contributed by atoms with van der Waals surface area (Å²) in [6.45, 7) is 22.1. The van der Waals surface area contributed by atoms with Crippen molar-refractivity contribution in [1.29, 1.82) is 0 Å². The second-order valence-corrected chi connectivity index (χ2v) is 15.3. The summed E-state index contributed by atoms with van der Waals surface area (Å²) in [5.41, 5.74) is 0. The molecule has 0 bridgehead atoms. The average Bonchev–Trinajstić information content (AvgIpc) is 3.02. The first-order chi connectivity index (χ1) is 23.9. The van der Waals surface area contributed by atoms with Crippen LogP contribution in [-0.2, 0) is 57.3 Å². The lowest BCUT2D eigenvalue weighted by Gasteiger charge is -2.30. The molecule has 8 atom stereocenters. The molecule has 16 heteroatoms. The maximum atomic E-state index is 13.5. The molecular formula is C36H60N4O12. The van der Waals surface area contributed by atoms with Gasteiger partial charge in [0.05, 0.1) is 0 Å². The summed E-state index contributed by atoms with van der Waals surface area (Å²) in [6.07, 6.45) is -5.65. The number of amides is 4. The first-order valence-corrected chi connectivity index (χ1v) is 17.9. The van der Waals surface area contributed by atoms with E-state index in [1.54, 1.807) is 83.1 Å². The first-order valence-electron chi connectivity index (χ1n) is 17.9. The van der Waals surface area contributed by atoms with Crippen LogP contribution in [-0.4, -0.2) is 96.1 Å². The van der Waals surface area contributed by atoms with Crippen LogP contribution in [0, 0.1) is 35.5 Å². The van der Waals surface area contributed by atoms with Crippen molar-refractivity contribution >= 4 is 47.5 Å². The van der Waals surface area contributed by atoms with Gasteiger partial charge in [0.25, 0.3) is 23.6 Å². The molecule has 0 aliphatic carbocycles. The van der Waals surface area contributed by atoms with Crippen molar-refractivity contribution in [2.24, 2.45) is 35.5 Å². The van der Waals surface area contributed by atoms with Crippen molar-refractivity contribution in [3.8, 4) is 0 Å². The van der Waals surface area contributed by atoms with Crippen LogP contribution in [0.15, 0.2) is 0 Å². The van der Waals surface area contributed by atoms with E-state index in [0.717, 1.165) is 0 Å². The highest BCUT2D eigenvalue weighted by molar-refractivity contribution is 5.94. The van der Waals surface area contributed by atoms with Gasteiger partial charge in [-0.1, -0.05) is 83.1 Å². The van der Waals surface area contributed by atoms with Gasteiger partial charge in [-0.3, -0.25) is 19.2 Å². The Morgan fingerprint density at radius 2 is 0.558 bits per heavy atom. The Morgan fingerprint density at radius 3 is 0.769 bits per heavy atom. The summed E-state index contributed by atoms with van der Waals surface area (Å²) in [7, 11) is 0. The van der Waals surface area contributed by atoms with Crippen molar-refractivity contribution in [3.63, 3.8) is 0 Å². The predicted molar refractivity (Wildman–Crippen MR) is 188 cm³/mol. The van der Waals surface area contributed by atoms with Crippen molar-refractivity contribution in [3.05, 3.63) is 0 Å². The van der Waals surface area contributed by atoms with Crippen LogP contribution >= 0.6 is 0 Å². The van der Waals surface area contributed by atoms with Gasteiger partial charge >= 0.3 is 23.9 Å². The Balaban J connectivity index is 3.68. The smallest absolute Gasteiger partial charge is 0.329 e. The molecule has 0 aromatic carbocycles. The number of hydrogen-bond donors (Lipinski definition) is 4. The van der Waals surface area contributed by atoms with Crippen LogP contribution in [0.4, 0.5) is 0 Å². The molecule has 0 radical (unpaired) electrons. The Morgan fingerprint density at radius 1 is 0.346 bits per heavy atom. The number of cyclic esters (lactones) is 4. The van der Waals surface area contributed by atoms with Crippen LogP contribution in [0.25, 0.3) is 0 Å². The number of ether oxygens (including phenoxy) is 4. The van der Waals surface area contributed by atoms with Gasteiger partial charge in [0.15, 0.2) is 24.4 Å². The fourth-order valence-electron chi connectivity index (χ4n) is 4.99. The lowest BCUT2D eigenvalue weighted by atomic mass is 10.0. The Hall–Kier alpha value is -4.24. The van der Waals surface area contributed by atoms with Gasteiger partial charge in [0.1, 0.15) is 24.2 Å². The van der Waals surface area contributed by atoms with Crippen LogP contribution in [0.5, 0.6) is 0 Å². The third-order valence-corrected chi connectivity index (χ3v) is 8.41. The molecule has 1 aliphatic heterocycles. The van der Waals surface area contributed by atoms with E-state index in [1.165, 1.54) is 13.8 Å². The van der Waals surface area contributed by atoms with Crippen molar-refractivity contribution in [2.75, 3.05) is 0 Å². The van der Waals surface area contributed by atoms with Gasteiger partial charge < -0.3 is 40.2 Å². The number of hydrogen-bond acceptors (Lipinski definition) is 12. The Kier molecular flexibility index (Phi) is 17.7. The van der Waals surface area contributed by atoms with Gasteiger partial charge in [-0.05, 0) is 49.4 Å². The van der Waals surface area contributed by atoms with Crippen LogP contribution < -0.4 is 21.3 Å². The van der Waals surface area contributed by atoms with Crippen molar-refractivity contribution < 1.29 is 57.3 Å². The maximum Gasteiger partial charge on any atom is 0.329 e. The zero-order valence-electron chi connectivity index (χ0n) is 33.0. The summed E-state index contributed by atoms with van der Waals surface area (Å²) < 4.78 is 22.0. The average molecular weight is 741 g/mol. The fourth-order valence-corrected chi connectivity index (χ4v) is 4.99. The minimum Gasteiger partial charge on any atom is -0.451 e. The van der Waals surface area contributed by atoms with E-state index in [9.17, 15) is 38.4 Å². The zero-order chi connectivity index (χ0) is 40.4. The molecule has 16 nitrogen and oxygen atoms in total. The van der Waals surface area contributed by atoms with Gasteiger partial charge in [-0.25, -0.2) is 19.2 Å². The second-order valence-electron chi connectivity index (χ2n) is 15.3. The first kappa shape index (κ1) is 45.8. The van der Waals surface area contributed by atoms with Crippen LogP contribution in [0.1, 0.15) is 96.9 Å². The van der Waals surface area contributed by atoms with Crippen molar-refractivity contribution in [2.45, 2.75) is 146 Å². The number of carbonyl (C=O) groups is 8. The number of nitrogens with one attached hydrogen (secondary N) is 4. The molecular weight excluding hydrogens is 680 g/mol. The fraction of sp³-hybridized carbons (Fsp3) is 0.778. The van der Waals surface area contributed by atoms with Crippen molar-refractivity contribution in [1.82, 2.24) is 21.3 Å². The summed E-state index contributed by atoms with van der Waals surface area (Å²) in [6, 6.07) is -5.07. The van der Waals surface area contributed by atoms with E-state index in [1.807, 2.05) is 0 Å². The molecule has 52 heavy (non-hydrogen) atoms. The van der Waals surface area contributed by atoms with E-state index in [-0.39, 0.29) is 0 Å². The molecule has 1 rings (SSSR count). The van der Waals surface area contributed by atoms with Gasteiger partial charge in [0, 0.05) is 0 Å². The highest BCUT2D eigenvalue weighted by Gasteiger charge is 2.40. The summed E-state index contributed by atoms with van der Waals surface area (Å²) in [4.78, 5) is 107.